The Morgan fingerprint density at radius 1 is 1.04 bits per heavy atom. The Labute approximate surface area is 159 Å². The van der Waals surface area contributed by atoms with E-state index in [0.717, 1.165) is 5.56 Å². The largest absolute Gasteiger partial charge is 0.465 e. The van der Waals surface area contributed by atoms with Gasteiger partial charge in [0.2, 0.25) is 5.82 Å². The maximum absolute atomic E-state index is 14.2. The number of methoxy groups -OCH3 is 1. The molecule has 0 spiro atoms. The molecular formula is C20H14FN5O2. The number of pyridine rings is 1. The minimum Gasteiger partial charge on any atom is -0.465 e. The van der Waals surface area contributed by atoms with Gasteiger partial charge in [0, 0.05) is 12.3 Å². The van der Waals surface area contributed by atoms with Crippen molar-refractivity contribution < 1.29 is 13.9 Å². The van der Waals surface area contributed by atoms with Gasteiger partial charge in [-0.1, -0.05) is 18.2 Å². The molecule has 2 aromatic carbocycles. The van der Waals surface area contributed by atoms with E-state index in [-0.39, 0.29) is 0 Å². The number of benzene rings is 2. The topological polar surface area (TPSA) is 82.8 Å². The van der Waals surface area contributed by atoms with Crippen molar-refractivity contribution >= 4 is 5.97 Å². The summed E-state index contributed by atoms with van der Waals surface area (Å²) in [5.74, 6) is -0.532. The molecule has 0 saturated carbocycles. The van der Waals surface area contributed by atoms with Crippen molar-refractivity contribution in [2.75, 3.05) is 7.11 Å². The Bertz CT molecular complexity index is 1130. The molecule has 0 saturated heterocycles. The molecule has 0 atom stereocenters. The molecule has 4 rings (SSSR count). The van der Waals surface area contributed by atoms with Crippen LogP contribution in [0.1, 0.15) is 10.4 Å². The zero-order valence-electron chi connectivity index (χ0n) is 14.8. The first-order valence-corrected chi connectivity index (χ1v) is 8.35. The summed E-state index contributed by atoms with van der Waals surface area (Å²) in [5.41, 5.74) is 2.76. The molecule has 2 heterocycles. The van der Waals surface area contributed by atoms with Crippen LogP contribution in [0.25, 0.3) is 28.3 Å². The standard InChI is InChI=1S/C20H14FN5O2/c1-28-20(27)14-7-5-13(6-8-14)15-10-16(21)12-17(11-15)26-24-19(23-25-26)18-4-2-3-9-22-18/h2-12H,1H3. The molecule has 2 aromatic heterocycles. The second-order valence-electron chi connectivity index (χ2n) is 5.88. The monoisotopic (exact) mass is 375 g/mol. The normalized spacial score (nSPS) is 10.6. The van der Waals surface area contributed by atoms with Crippen LogP contribution in [-0.2, 0) is 4.74 Å². The molecular weight excluding hydrogens is 361 g/mol. The summed E-state index contributed by atoms with van der Waals surface area (Å²) in [6.45, 7) is 0. The molecule has 0 aliphatic heterocycles. The maximum atomic E-state index is 14.2. The number of nitrogens with zero attached hydrogens (tertiary/aromatic N) is 5. The predicted molar refractivity (Wildman–Crippen MR) is 99.1 cm³/mol. The summed E-state index contributed by atoms with van der Waals surface area (Å²) >= 11 is 0. The van der Waals surface area contributed by atoms with E-state index in [1.807, 2.05) is 6.07 Å². The van der Waals surface area contributed by atoms with Crippen molar-refractivity contribution in [2.24, 2.45) is 0 Å². The molecule has 4 aromatic rings. The minimum absolute atomic E-state index is 0.342. The highest BCUT2D eigenvalue weighted by Crippen LogP contribution is 2.24. The van der Waals surface area contributed by atoms with Crippen LogP contribution in [0.3, 0.4) is 0 Å². The Morgan fingerprint density at radius 3 is 2.57 bits per heavy atom. The first kappa shape index (κ1) is 17.5. The highest BCUT2D eigenvalue weighted by Gasteiger charge is 2.11. The molecule has 0 unspecified atom stereocenters. The lowest BCUT2D eigenvalue weighted by Crippen LogP contribution is -2.01. The Hall–Kier alpha value is -3.94. The van der Waals surface area contributed by atoms with E-state index in [1.54, 1.807) is 48.7 Å². The van der Waals surface area contributed by atoms with Crippen LogP contribution >= 0.6 is 0 Å². The molecule has 0 aliphatic carbocycles. The smallest absolute Gasteiger partial charge is 0.337 e. The number of hydrogen-bond donors (Lipinski definition) is 0. The summed E-state index contributed by atoms with van der Waals surface area (Å²) in [5, 5.41) is 12.3. The quantitative estimate of drug-likeness (QED) is 0.509. The fourth-order valence-electron chi connectivity index (χ4n) is 2.69. The number of ether oxygens (including phenoxy) is 1. The van der Waals surface area contributed by atoms with E-state index in [2.05, 4.69) is 25.1 Å². The van der Waals surface area contributed by atoms with Gasteiger partial charge in [0.25, 0.3) is 0 Å². The fraction of sp³-hybridized carbons (Fsp3) is 0.0500. The van der Waals surface area contributed by atoms with Gasteiger partial charge in [-0.15, -0.1) is 15.0 Å². The first-order valence-electron chi connectivity index (χ1n) is 8.35. The van der Waals surface area contributed by atoms with Crippen LogP contribution in [0, 0.1) is 5.82 Å². The number of hydrogen-bond acceptors (Lipinski definition) is 6. The summed E-state index contributed by atoms with van der Waals surface area (Å²) in [6, 6.07) is 16.5. The average Bonchev–Trinajstić information content (AvgIpc) is 3.24. The number of esters is 1. The van der Waals surface area contributed by atoms with Gasteiger partial charge in [-0.25, -0.2) is 9.18 Å². The summed E-state index contributed by atoms with van der Waals surface area (Å²) in [7, 11) is 1.32. The van der Waals surface area contributed by atoms with E-state index >= 15 is 0 Å². The molecule has 7 nitrogen and oxygen atoms in total. The molecule has 138 valence electrons. The molecule has 0 N–H and O–H groups in total. The second kappa shape index (κ2) is 7.36. The van der Waals surface area contributed by atoms with Gasteiger partial charge in [0.1, 0.15) is 11.5 Å². The van der Waals surface area contributed by atoms with Crippen molar-refractivity contribution in [3.8, 4) is 28.3 Å². The maximum Gasteiger partial charge on any atom is 0.337 e. The fourth-order valence-corrected chi connectivity index (χ4v) is 2.69. The van der Waals surface area contributed by atoms with Crippen LogP contribution in [0.4, 0.5) is 4.39 Å². The van der Waals surface area contributed by atoms with Gasteiger partial charge in [-0.05, 0) is 52.7 Å². The van der Waals surface area contributed by atoms with Crippen molar-refractivity contribution in [3.63, 3.8) is 0 Å². The number of carbonyl (C=O) groups excluding carboxylic acids is 1. The predicted octanol–water partition coefficient (Wildman–Crippen LogP) is 3.32. The van der Waals surface area contributed by atoms with Gasteiger partial charge in [-0.2, -0.15) is 0 Å². The number of aromatic nitrogens is 5. The van der Waals surface area contributed by atoms with E-state index in [1.165, 1.54) is 24.0 Å². The lowest BCUT2D eigenvalue weighted by atomic mass is 10.0. The lowest BCUT2D eigenvalue weighted by Gasteiger charge is -2.06. The average molecular weight is 375 g/mol. The molecule has 8 heteroatoms. The van der Waals surface area contributed by atoms with Crippen LogP contribution in [0.15, 0.2) is 66.9 Å². The van der Waals surface area contributed by atoms with E-state index in [4.69, 9.17) is 0 Å². The number of tetrazole rings is 1. The highest BCUT2D eigenvalue weighted by atomic mass is 19.1. The van der Waals surface area contributed by atoms with E-state index in [9.17, 15) is 9.18 Å². The molecule has 28 heavy (non-hydrogen) atoms. The Kier molecular flexibility index (Phi) is 4.59. The number of halogens is 1. The van der Waals surface area contributed by atoms with E-state index in [0.29, 0.717) is 28.3 Å². The summed E-state index contributed by atoms with van der Waals surface area (Å²) in [4.78, 5) is 17.0. The van der Waals surface area contributed by atoms with E-state index < -0.39 is 11.8 Å². The van der Waals surface area contributed by atoms with Gasteiger partial charge in [-0.3, -0.25) is 4.98 Å². The SMILES string of the molecule is COC(=O)c1ccc(-c2cc(F)cc(-n3nnc(-c4ccccn4)n3)c2)cc1. The van der Waals surface area contributed by atoms with Gasteiger partial charge in [0.15, 0.2) is 0 Å². The third-order valence-corrected chi connectivity index (χ3v) is 4.06. The second-order valence-corrected chi connectivity index (χ2v) is 5.88. The highest BCUT2D eigenvalue weighted by molar-refractivity contribution is 5.90. The number of carbonyl (C=O) groups is 1. The Morgan fingerprint density at radius 2 is 1.86 bits per heavy atom. The third kappa shape index (κ3) is 3.48. The molecule has 0 radical (unpaired) electrons. The molecule has 0 fully saturated rings. The van der Waals surface area contributed by atoms with Crippen molar-refractivity contribution in [1.82, 2.24) is 25.2 Å². The van der Waals surface area contributed by atoms with Gasteiger partial charge in [0.05, 0.1) is 18.4 Å². The molecule has 0 aliphatic rings. The van der Waals surface area contributed by atoms with Crippen LogP contribution < -0.4 is 0 Å². The van der Waals surface area contributed by atoms with Crippen LogP contribution in [0.2, 0.25) is 0 Å². The minimum atomic E-state index is -0.443. The molecule has 0 bridgehead atoms. The number of rotatable bonds is 4. The van der Waals surface area contributed by atoms with Crippen molar-refractivity contribution in [1.29, 1.82) is 0 Å². The lowest BCUT2D eigenvalue weighted by molar-refractivity contribution is 0.0601. The summed E-state index contributed by atoms with van der Waals surface area (Å²) < 4.78 is 18.9. The van der Waals surface area contributed by atoms with Gasteiger partial charge < -0.3 is 4.74 Å². The van der Waals surface area contributed by atoms with Crippen molar-refractivity contribution in [3.05, 3.63) is 78.2 Å². The Balaban J connectivity index is 1.68. The zero-order valence-corrected chi connectivity index (χ0v) is 14.8. The van der Waals surface area contributed by atoms with Crippen molar-refractivity contribution in [2.45, 2.75) is 0 Å². The third-order valence-electron chi connectivity index (χ3n) is 4.06. The van der Waals surface area contributed by atoms with Gasteiger partial charge >= 0.3 is 5.97 Å². The zero-order chi connectivity index (χ0) is 19.5. The molecule has 0 amide bonds. The first-order chi connectivity index (χ1) is 13.6. The summed E-state index contributed by atoms with van der Waals surface area (Å²) in [6.07, 6.45) is 1.63. The van der Waals surface area contributed by atoms with Crippen LogP contribution in [0.5, 0.6) is 0 Å². The van der Waals surface area contributed by atoms with Crippen LogP contribution in [-0.4, -0.2) is 38.3 Å².